The number of amides is 2. The fourth-order valence-electron chi connectivity index (χ4n) is 5.27. The van der Waals surface area contributed by atoms with Gasteiger partial charge in [0.2, 0.25) is 0 Å². The lowest BCUT2D eigenvalue weighted by Crippen LogP contribution is -2.38. The van der Waals surface area contributed by atoms with E-state index in [-0.39, 0.29) is 11.8 Å². The molecule has 0 fully saturated rings. The number of pyridine rings is 1. The zero-order valence-corrected chi connectivity index (χ0v) is 24.6. The molecule has 4 aromatic heterocycles. The first-order valence-electron chi connectivity index (χ1n) is 13.7. The predicted octanol–water partition coefficient (Wildman–Crippen LogP) is 5.67. The van der Waals surface area contributed by atoms with E-state index in [0.29, 0.717) is 52.3 Å². The highest BCUT2D eigenvalue weighted by Gasteiger charge is 2.28. The van der Waals surface area contributed by atoms with E-state index in [1.54, 1.807) is 41.3 Å². The van der Waals surface area contributed by atoms with Gasteiger partial charge in [-0.15, -0.1) is 16.4 Å². The fraction of sp³-hybridized carbons (Fsp3) is 0.161. The van der Waals surface area contributed by atoms with Crippen LogP contribution in [0.1, 0.15) is 36.9 Å². The SMILES string of the molecule is Cc1cc(NC(=O)c2ccccc2Cl)sc1C(=O)N1CCn2ncc(-c3cn(Cc4ccc5ncccc5c4)nn3)c2C1. The summed E-state index contributed by atoms with van der Waals surface area (Å²) >= 11 is 7.44. The van der Waals surface area contributed by atoms with Crippen molar-refractivity contribution in [1.29, 1.82) is 0 Å². The largest absolute Gasteiger partial charge is 0.330 e. The van der Waals surface area contributed by atoms with Gasteiger partial charge in [0.1, 0.15) is 5.69 Å². The summed E-state index contributed by atoms with van der Waals surface area (Å²) in [6.45, 7) is 3.92. The second-order valence-corrected chi connectivity index (χ2v) is 11.8. The van der Waals surface area contributed by atoms with E-state index in [4.69, 9.17) is 11.6 Å². The van der Waals surface area contributed by atoms with Crippen molar-refractivity contribution in [3.8, 4) is 11.3 Å². The van der Waals surface area contributed by atoms with Crippen molar-refractivity contribution in [3.05, 3.63) is 112 Å². The van der Waals surface area contributed by atoms with Crippen molar-refractivity contribution in [2.24, 2.45) is 0 Å². The number of fused-ring (bicyclic) bond motifs is 2. The lowest BCUT2D eigenvalue weighted by atomic mass is 10.1. The number of carbonyl (C=O) groups excluding carboxylic acids is 2. The molecule has 1 aliphatic heterocycles. The first-order chi connectivity index (χ1) is 20.9. The van der Waals surface area contributed by atoms with Crippen molar-refractivity contribution >= 4 is 50.7 Å². The second-order valence-electron chi connectivity index (χ2n) is 10.3. The minimum atomic E-state index is -0.317. The highest BCUT2D eigenvalue weighted by molar-refractivity contribution is 7.18. The Morgan fingerprint density at radius 1 is 1.07 bits per heavy atom. The summed E-state index contributed by atoms with van der Waals surface area (Å²) in [5.41, 5.74) is 5.69. The van der Waals surface area contributed by atoms with Crippen LogP contribution in [-0.2, 0) is 19.6 Å². The Morgan fingerprint density at radius 3 is 2.84 bits per heavy atom. The van der Waals surface area contributed by atoms with Crippen molar-refractivity contribution in [1.82, 2.24) is 34.7 Å². The summed E-state index contributed by atoms with van der Waals surface area (Å²) in [5, 5.41) is 18.3. The summed E-state index contributed by atoms with van der Waals surface area (Å²) in [6, 6.07) is 18.8. The van der Waals surface area contributed by atoms with Gasteiger partial charge in [-0.1, -0.05) is 41.1 Å². The van der Waals surface area contributed by atoms with E-state index in [0.717, 1.165) is 33.3 Å². The molecule has 12 heteroatoms. The maximum Gasteiger partial charge on any atom is 0.264 e. The van der Waals surface area contributed by atoms with Crippen molar-refractivity contribution in [2.45, 2.75) is 26.6 Å². The van der Waals surface area contributed by atoms with Gasteiger partial charge in [-0.3, -0.25) is 19.3 Å². The van der Waals surface area contributed by atoms with Gasteiger partial charge < -0.3 is 10.2 Å². The summed E-state index contributed by atoms with van der Waals surface area (Å²) in [5.74, 6) is -0.406. The third-order valence-electron chi connectivity index (χ3n) is 7.45. The number of halogens is 1. The molecule has 5 heterocycles. The number of nitrogens with zero attached hydrogens (tertiary/aromatic N) is 7. The van der Waals surface area contributed by atoms with Gasteiger partial charge in [0.05, 0.1) is 63.7 Å². The molecule has 0 spiro atoms. The molecular formula is C31H25ClN8O2S. The number of anilines is 1. The second kappa shape index (κ2) is 11.1. The Kier molecular flexibility index (Phi) is 6.96. The van der Waals surface area contributed by atoms with Crippen LogP contribution in [0.25, 0.3) is 22.2 Å². The van der Waals surface area contributed by atoms with Crippen molar-refractivity contribution in [2.75, 3.05) is 11.9 Å². The van der Waals surface area contributed by atoms with Crippen molar-refractivity contribution in [3.63, 3.8) is 0 Å². The third-order valence-corrected chi connectivity index (χ3v) is 8.92. The minimum absolute atomic E-state index is 0.0893. The Hall–Kier alpha value is -4.87. The Labute approximate surface area is 255 Å². The average molecular weight is 609 g/mol. The van der Waals surface area contributed by atoms with Crippen LogP contribution in [-0.4, -0.2) is 53.0 Å². The molecular weight excluding hydrogens is 584 g/mol. The van der Waals surface area contributed by atoms with Crippen LogP contribution in [0, 0.1) is 6.92 Å². The number of hydrogen-bond acceptors (Lipinski definition) is 7. The number of carbonyl (C=O) groups is 2. The maximum atomic E-state index is 13.7. The van der Waals surface area contributed by atoms with Crippen LogP contribution in [0.15, 0.2) is 79.3 Å². The highest BCUT2D eigenvalue weighted by Crippen LogP contribution is 2.31. The first-order valence-corrected chi connectivity index (χ1v) is 14.9. The first kappa shape index (κ1) is 27.0. The lowest BCUT2D eigenvalue weighted by Gasteiger charge is -2.28. The van der Waals surface area contributed by atoms with Gasteiger partial charge in [0.15, 0.2) is 0 Å². The van der Waals surface area contributed by atoms with Crippen molar-refractivity contribution < 1.29 is 9.59 Å². The molecule has 2 amide bonds. The normalized spacial score (nSPS) is 12.8. The molecule has 0 atom stereocenters. The van der Waals surface area contributed by atoms with Crippen LogP contribution in [0.3, 0.4) is 0 Å². The maximum absolute atomic E-state index is 13.7. The monoisotopic (exact) mass is 608 g/mol. The predicted molar refractivity (Wildman–Crippen MR) is 165 cm³/mol. The summed E-state index contributed by atoms with van der Waals surface area (Å²) < 4.78 is 3.72. The minimum Gasteiger partial charge on any atom is -0.330 e. The van der Waals surface area contributed by atoms with E-state index in [1.165, 1.54) is 11.3 Å². The number of thiophene rings is 1. The fourth-order valence-corrected chi connectivity index (χ4v) is 6.52. The number of hydrogen-bond donors (Lipinski definition) is 1. The van der Waals surface area contributed by atoms with Crippen LogP contribution in [0.4, 0.5) is 5.00 Å². The molecule has 0 unspecified atom stereocenters. The number of aryl methyl sites for hydroxylation is 1. The standard InChI is InChI=1S/C31H25ClN8O2S/c1-19-13-28(35-30(41)22-6-2-3-7-24(22)32)43-29(19)31(42)38-11-12-40-27(18-38)23(15-34-40)26-17-39(37-36-26)16-20-8-9-25-21(14-20)5-4-10-33-25/h2-10,13-15,17H,11-12,16,18H2,1H3,(H,35,41). The van der Waals surface area contributed by atoms with Gasteiger partial charge in [-0.2, -0.15) is 5.10 Å². The molecule has 43 heavy (non-hydrogen) atoms. The van der Waals surface area contributed by atoms with E-state index in [1.807, 2.05) is 53.0 Å². The molecule has 1 aliphatic rings. The van der Waals surface area contributed by atoms with E-state index in [9.17, 15) is 9.59 Å². The Balaban J connectivity index is 1.07. The number of aromatic nitrogens is 6. The van der Waals surface area contributed by atoms with Gasteiger partial charge in [0.25, 0.3) is 11.8 Å². The molecule has 1 N–H and O–H groups in total. The lowest BCUT2D eigenvalue weighted by molar-refractivity contribution is 0.0710. The number of benzene rings is 2. The molecule has 0 saturated carbocycles. The topological polar surface area (TPSA) is 111 Å². The van der Waals surface area contributed by atoms with E-state index in [2.05, 4.69) is 31.8 Å². The zero-order valence-electron chi connectivity index (χ0n) is 23.1. The molecule has 6 aromatic rings. The molecule has 7 rings (SSSR count). The van der Waals surface area contributed by atoms with Crippen LogP contribution in [0.2, 0.25) is 5.02 Å². The van der Waals surface area contributed by atoms with Crippen LogP contribution >= 0.6 is 22.9 Å². The molecule has 214 valence electrons. The Morgan fingerprint density at radius 2 is 1.95 bits per heavy atom. The van der Waals surface area contributed by atoms with E-state index >= 15 is 0 Å². The number of nitrogens with one attached hydrogen (secondary N) is 1. The zero-order chi connectivity index (χ0) is 29.5. The number of rotatable bonds is 6. The molecule has 10 nitrogen and oxygen atoms in total. The molecule has 0 bridgehead atoms. The van der Waals surface area contributed by atoms with Crippen LogP contribution < -0.4 is 5.32 Å². The third kappa shape index (κ3) is 5.28. The van der Waals surface area contributed by atoms with Gasteiger partial charge in [-0.25, -0.2) is 4.68 Å². The Bertz CT molecular complexity index is 2010. The molecule has 0 radical (unpaired) electrons. The van der Waals surface area contributed by atoms with E-state index < -0.39 is 0 Å². The van der Waals surface area contributed by atoms with Gasteiger partial charge in [-0.05, 0) is 54.4 Å². The molecule has 0 saturated heterocycles. The smallest absolute Gasteiger partial charge is 0.264 e. The van der Waals surface area contributed by atoms with Gasteiger partial charge >= 0.3 is 0 Å². The summed E-state index contributed by atoms with van der Waals surface area (Å²) in [6.07, 6.45) is 5.48. The summed E-state index contributed by atoms with van der Waals surface area (Å²) in [7, 11) is 0. The van der Waals surface area contributed by atoms with Gasteiger partial charge in [0, 0.05) is 23.7 Å². The quantitative estimate of drug-likeness (QED) is 0.261. The molecule has 0 aliphatic carbocycles. The van der Waals surface area contributed by atoms with Crippen LogP contribution in [0.5, 0.6) is 0 Å². The summed E-state index contributed by atoms with van der Waals surface area (Å²) in [4.78, 5) is 33.2. The highest BCUT2D eigenvalue weighted by atomic mass is 35.5. The average Bonchev–Trinajstić information content (AvgIpc) is 3.75. The molecule has 2 aromatic carbocycles.